The molecule has 0 radical (unpaired) electrons. The highest BCUT2D eigenvalue weighted by molar-refractivity contribution is 5.43. The largest absolute Gasteiger partial charge is 0.380 e. The molecule has 0 saturated carbocycles. The standard InChI is InChI=1S/C13H15N3/c1-10-6-13(9-14-7-10)16-8-12-4-3-5-15-11(12)2/h3-7,9,16H,8H2,1-2H3. The first kappa shape index (κ1) is 10.6. The average Bonchev–Trinajstić information content (AvgIpc) is 2.28. The number of aryl methyl sites for hydroxylation is 2. The van der Waals surface area contributed by atoms with Gasteiger partial charge in [-0.15, -0.1) is 0 Å². The Kier molecular flexibility index (Phi) is 3.15. The zero-order valence-electron chi connectivity index (χ0n) is 9.57. The van der Waals surface area contributed by atoms with Gasteiger partial charge in [0.1, 0.15) is 0 Å². The van der Waals surface area contributed by atoms with E-state index in [1.165, 1.54) is 5.56 Å². The zero-order chi connectivity index (χ0) is 11.4. The highest BCUT2D eigenvalue weighted by Gasteiger charge is 1.98. The molecule has 1 N–H and O–H groups in total. The molecule has 16 heavy (non-hydrogen) atoms. The van der Waals surface area contributed by atoms with Crippen LogP contribution in [0.15, 0.2) is 36.8 Å². The molecule has 2 rings (SSSR count). The minimum atomic E-state index is 0.783. The predicted octanol–water partition coefficient (Wildman–Crippen LogP) is 2.71. The SMILES string of the molecule is Cc1cncc(NCc2cccnc2C)c1. The summed E-state index contributed by atoms with van der Waals surface area (Å²) in [5.41, 5.74) is 4.48. The lowest BCUT2D eigenvalue weighted by Gasteiger charge is -2.08. The van der Waals surface area contributed by atoms with Crippen LogP contribution in [0.3, 0.4) is 0 Å². The van der Waals surface area contributed by atoms with Crippen molar-refractivity contribution in [3.8, 4) is 0 Å². The lowest BCUT2D eigenvalue weighted by atomic mass is 10.2. The van der Waals surface area contributed by atoms with Gasteiger partial charge in [0.05, 0.1) is 5.69 Å². The van der Waals surface area contributed by atoms with E-state index in [0.29, 0.717) is 0 Å². The van der Waals surface area contributed by atoms with Crippen LogP contribution >= 0.6 is 0 Å². The van der Waals surface area contributed by atoms with Crippen LogP contribution in [-0.2, 0) is 6.54 Å². The summed E-state index contributed by atoms with van der Waals surface area (Å²) in [7, 11) is 0. The second-order valence-electron chi connectivity index (χ2n) is 3.85. The van der Waals surface area contributed by atoms with Crippen LogP contribution in [0.25, 0.3) is 0 Å². The van der Waals surface area contributed by atoms with Crippen LogP contribution in [0, 0.1) is 13.8 Å². The van der Waals surface area contributed by atoms with Gasteiger partial charge in [0.25, 0.3) is 0 Å². The summed E-state index contributed by atoms with van der Waals surface area (Å²) in [5, 5.41) is 3.34. The van der Waals surface area contributed by atoms with Gasteiger partial charge in [-0.1, -0.05) is 6.07 Å². The van der Waals surface area contributed by atoms with Gasteiger partial charge in [-0.3, -0.25) is 9.97 Å². The highest BCUT2D eigenvalue weighted by atomic mass is 14.9. The first-order valence-electron chi connectivity index (χ1n) is 5.32. The Morgan fingerprint density at radius 3 is 2.88 bits per heavy atom. The normalized spacial score (nSPS) is 10.1. The maximum atomic E-state index is 4.25. The van der Waals surface area contributed by atoms with E-state index in [0.717, 1.165) is 23.5 Å². The van der Waals surface area contributed by atoms with Gasteiger partial charge in [-0.2, -0.15) is 0 Å². The first-order chi connectivity index (χ1) is 7.75. The predicted molar refractivity (Wildman–Crippen MR) is 65.3 cm³/mol. The highest BCUT2D eigenvalue weighted by Crippen LogP contribution is 2.10. The third kappa shape index (κ3) is 2.57. The van der Waals surface area contributed by atoms with Crippen molar-refractivity contribution >= 4 is 5.69 Å². The summed E-state index contributed by atoms with van der Waals surface area (Å²) < 4.78 is 0. The average molecular weight is 213 g/mol. The molecule has 0 amide bonds. The number of hydrogen-bond acceptors (Lipinski definition) is 3. The Labute approximate surface area is 95.6 Å². The third-order valence-electron chi connectivity index (χ3n) is 2.47. The van der Waals surface area contributed by atoms with E-state index in [4.69, 9.17) is 0 Å². The molecule has 0 atom stereocenters. The van der Waals surface area contributed by atoms with E-state index in [1.807, 2.05) is 38.5 Å². The minimum absolute atomic E-state index is 0.783. The van der Waals surface area contributed by atoms with E-state index in [1.54, 1.807) is 0 Å². The van der Waals surface area contributed by atoms with Gasteiger partial charge in [-0.05, 0) is 37.1 Å². The Morgan fingerprint density at radius 2 is 2.12 bits per heavy atom. The first-order valence-corrected chi connectivity index (χ1v) is 5.32. The molecular formula is C13H15N3. The van der Waals surface area contributed by atoms with Crippen molar-refractivity contribution in [2.45, 2.75) is 20.4 Å². The van der Waals surface area contributed by atoms with E-state index >= 15 is 0 Å². The second kappa shape index (κ2) is 4.75. The number of pyridine rings is 2. The summed E-state index contributed by atoms with van der Waals surface area (Å²) in [6.07, 6.45) is 5.49. The Balaban J connectivity index is 2.05. The molecule has 0 fully saturated rings. The summed E-state index contributed by atoms with van der Waals surface area (Å²) in [4.78, 5) is 8.39. The van der Waals surface area contributed by atoms with E-state index in [9.17, 15) is 0 Å². The minimum Gasteiger partial charge on any atom is -0.380 e. The van der Waals surface area contributed by atoms with Crippen LogP contribution < -0.4 is 5.32 Å². The van der Waals surface area contributed by atoms with Crippen molar-refractivity contribution in [1.82, 2.24) is 9.97 Å². The van der Waals surface area contributed by atoms with Gasteiger partial charge in [0.15, 0.2) is 0 Å². The molecule has 3 nitrogen and oxygen atoms in total. The van der Waals surface area contributed by atoms with Crippen LogP contribution in [0.5, 0.6) is 0 Å². The summed E-state index contributed by atoms with van der Waals surface area (Å²) in [6.45, 7) is 4.84. The third-order valence-corrected chi connectivity index (χ3v) is 2.47. The molecule has 2 heterocycles. The molecule has 0 aromatic carbocycles. The molecule has 0 aliphatic rings. The van der Waals surface area contributed by atoms with Crippen molar-refractivity contribution < 1.29 is 0 Å². The molecule has 3 heteroatoms. The van der Waals surface area contributed by atoms with Crippen molar-refractivity contribution in [2.75, 3.05) is 5.32 Å². The van der Waals surface area contributed by atoms with Crippen LogP contribution in [-0.4, -0.2) is 9.97 Å². The number of anilines is 1. The van der Waals surface area contributed by atoms with E-state index in [-0.39, 0.29) is 0 Å². The fourth-order valence-electron chi connectivity index (χ4n) is 1.55. The van der Waals surface area contributed by atoms with Crippen molar-refractivity contribution in [3.05, 3.63) is 53.6 Å². The van der Waals surface area contributed by atoms with Crippen molar-refractivity contribution in [1.29, 1.82) is 0 Å². The van der Waals surface area contributed by atoms with Crippen LogP contribution in [0.4, 0.5) is 5.69 Å². The number of nitrogens with zero attached hydrogens (tertiary/aromatic N) is 2. The Bertz CT molecular complexity index is 480. The van der Waals surface area contributed by atoms with Gasteiger partial charge in [-0.25, -0.2) is 0 Å². The van der Waals surface area contributed by atoms with E-state index in [2.05, 4.69) is 27.4 Å². The fourth-order valence-corrected chi connectivity index (χ4v) is 1.55. The Hall–Kier alpha value is -1.90. The molecule has 2 aromatic rings. The second-order valence-corrected chi connectivity index (χ2v) is 3.85. The van der Waals surface area contributed by atoms with Gasteiger partial charge >= 0.3 is 0 Å². The maximum Gasteiger partial charge on any atom is 0.0532 e. The number of aromatic nitrogens is 2. The molecule has 0 unspecified atom stereocenters. The number of hydrogen-bond donors (Lipinski definition) is 1. The molecule has 0 saturated heterocycles. The van der Waals surface area contributed by atoms with Gasteiger partial charge in [0, 0.05) is 30.8 Å². The lowest BCUT2D eigenvalue weighted by molar-refractivity contribution is 1.05. The summed E-state index contributed by atoms with van der Waals surface area (Å²) in [6, 6.07) is 6.12. The number of nitrogens with one attached hydrogen (secondary N) is 1. The fraction of sp³-hybridized carbons (Fsp3) is 0.231. The monoisotopic (exact) mass is 213 g/mol. The van der Waals surface area contributed by atoms with Crippen molar-refractivity contribution in [3.63, 3.8) is 0 Å². The van der Waals surface area contributed by atoms with E-state index < -0.39 is 0 Å². The Morgan fingerprint density at radius 1 is 1.25 bits per heavy atom. The zero-order valence-corrected chi connectivity index (χ0v) is 9.57. The number of rotatable bonds is 3. The smallest absolute Gasteiger partial charge is 0.0532 e. The van der Waals surface area contributed by atoms with Gasteiger partial charge in [0.2, 0.25) is 0 Å². The molecule has 0 aliphatic heterocycles. The molecule has 82 valence electrons. The van der Waals surface area contributed by atoms with Gasteiger partial charge < -0.3 is 5.32 Å². The topological polar surface area (TPSA) is 37.8 Å². The van der Waals surface area contributed by atoms with Crippen LogP contribution in [0.1, 0.15) is 16.8 Å². The summed E-state index contributed by atoms with van der Waals surface area (Å²) >= 11 is 0. The molecule has 2 aromatic heterocycles. The molecule has 0 spiro atoms. The molecule has 0 aliphatic carbocycles. The quantitative estimate of drug-likeness (QED) is 0.851. The molecular weight excluding hydrogens is 198 g/mol. The van der Waals surface area contributed by atoms with Crippen molar-refractivity contribution in [2.24, 2.45) is 0 Å². The van der Waals surface area contributed by atoms with Crippen LogP contribution in [0.2, 0.25) is 0 Å². The maximum absolute atomic E-state index is 4.25. The lowest BCUT2D eigenvalue weighted by Crippen LogP contribution is -2.02. The molecule has 0 bridgehead atoms. The summed E-state index contributed by atoms with van der Waals surface area (Å²) in [5.74, 6) is 0.